The molecule has 0 spiro atoms. The summed E-state index contributed by atoms with van der Waals surface area (Å²) in [5.74, 6) is -0.572. The third-order valence-electron chi connectivity index (χ3n) is 4.56. The molecule has 1 saturated heterocycles. The average molecular weight is 364 g/mol. The summed E-state index contributed by atoms with van der Waals surface area (Å²) in [6.07, 6.45) is 0.820. The molecule has 142 valence electrons. The average Bonchev–Trinajstić information content (AvgIpc) is 2.62. The van der Waals surface area contributed by atoms with Crippen LogP contribution in [-0.2, 0) is 20.7 Å². The Hall–Kier alpha value is -2.77. The van der Waals surface area contributed by atoms with Gasteiger partial charge in [0, 0.05) is 25.9 Å². The number of likely N-dealkylation sites (tertiary alicyclic amines) is 1. The molecular weight excluding hydrogens is 340 g/mol. The van der Waals surface area contributed by atoms with Crippen molar-refractivity contribution >= 4 is 18.0 Å². The van der Waals surface area contributed by atoms with E-state index in [0.29, 0.717) is 25.9 Å². The van der Waals surface area contributed by atoms with Crippen LogP contribution in [0.5, 0.6) is 5.75 Å². The first kappa shape index (κ1) is 19.6. The first-order valence-corrected chi connectivity index (χ1v) is 8.52. The normalized spacial score (nSPS) is 16.0. The summed E-state index contributed by atoms with van der Waals surface area (Å²) in [5.41, 5.74) is 0.785. The van der Waals surface area contributed by atoms with Crippen LogP contribution in [0.1, 0.15) is 24.8 Å². The largest absolute Gasteiger partial charge is 0.508 e. The lowest BCUT2D eigenvalue weighted by Crippen LogP contribution is -2.44. The highest BCUT2D eigenvalue weighted by Gasteiger charge is 2.27. The van der Waals surface area contributed by atoms with Gasteiger partial charge in [-0.05, 0) is 36.5 Å². The summed E-state index contributed by atoms with van der Waals surface area (Å²) in [6, 6.07) is 5.58. The minimum atomic E-state index is -0.937. The van der Waals surface area contributed by atoms with Crippen LogP contribution in [-0.4, -0.2) is 59.3 Å². The van der Waals surface area contributed by atoms with E-state index >= 15 is 0 Å². The molecule has 0 aromatic heterocycles. The molecule has 1 fully saturated rings. The highest BCUT2D eigenvalue weighted by Crippen LogP contribution is 2.20. The number of ether oxygens (including phenoxy) is 1. The van der Waals surface area contributed by atoms with Crippen molar-refractivity contribution in [1.29, 1.82) is 0 Å². The molecule has 1 unspecified atom stereocenters. The topological polar surface area (TPSA) is 116 Å². The van der Waals surface area contributed by atoms with Gasteiger partial charge in [-0.25, -0.2) is 9.59 Å². The van der Waals surface area contributed by atoms with Gasteiger partial charge >= 0.3 is 12.1 Å². The molecule has 1 aliphatic heterocycles. The predicted molar refractivity (Wildman–Crippen MR) is 92.7 cm³/mol. The maximum absolute atomic E-state index is 12.3. The number of hydrogen-bond donors (Lipinski definition) is 3. The molecule has 2 amide bonds. The first-order chi connectivity index (χ1) is 12.4. The van der Waals surface area contributed by atoms with E-state index in [4.69, 9.17) is 9.84 Å². The number of carboxylic acid groups (broad SMARTS) is 1. The van der Waals surface area contributed by atoms with Gasteiger partial charge in [0.1, 0.15) is 11.8 Å². The Bertz CT molecular complexity index is 638. The molecule has 2 rings (SSSR count). The molecular formula is C18H24N2O6. The number of rotatable bonds is 6. The van der Waals surface area contributed by atoms with E-state index in [-0.39, 0.29) is 30.4 Å². The van der Waals surface area contributed by atoms with Crippen LogP contribution >= 0.6 is 0 Å². The second kappa shape index (κ2) is 9.07. The third kappa shape index (κ3) is 5.65. The Balaban J connectivity index is 1.89. The molecule has 8 heteroatoms. The van der Waals surface area contributed by atoms with Crippen molar-refractivity contribution in [3.8, 4) is 5.75 Å². The zero-order valence-electron chi connectivity index (χ0n) is 14.7. The first-order valence-electron chi connectivity index (χ1n) is 8.52. The van der Waals surface area contributed by atoms with Gasteiger partial charge in [0.25, 0.3) is 0 Å². The van der Waals surface area contributed by atoms with E-state index in [1.165, 1.54) is 24.1 Å². The van der Waals surface area contributed by atoms with Crippen LogP contribution in [0.3, 0.4) is 0 Å². The molecule has 0 radical (unpaired) electrons. The lowest BCUT2D eigenvalue weighted by molar-refractivity contribution is -0.145. The molecule has 0 aliphatic carbocycles. The van der Waals surface area contributed by atoms with Crippen LogP contribution in [0.25, 0.3) is 0 Å². The summed E-state index contributed by atoms with van der Waals surface area (Å²) in [6.45, 7) is 0.836. The summed E-state index contributed by atoms with van der Waals surface area (Å²) in [7, 11) is 1.26. The van der Waals surface area contributed by atoms with Gasteiger partial charge in [0.2, 0.25) is 5.91 Å². The van der Waals surface area contributed by atoms with Crippen molar-refractivity contribution in [1.82, 2.24) is 10.2 Å². The maximum Gasteiger partial charge on any atom is 0.407 e. The number of carbonyl (C=O) groups is 3. The summed E-state index contributed by atoms with van der Waals surface area (Å²) < 4.78 is 4.76. The number of nitrogens with zero attached hydrogens (tertiary/aromatic N) is 1. The van der Waals surface area contributed by atoms with E-state index in [0.717, 1.165) is 5.56 Å². The Kier molecular flexibility index (Phi) is 6.82. The van der Waals surface area contributed by atoms with Crippen molar-refractivity contribution in [3.63, 3.8) is 0 Å². The minimum Gasteiger partial charge on any atom is -0.508 e. The summed E-state index contributed by atoms with van der Waals surface area (Å²) >= 11 is 0. The monoisotopic (exact) mass is 364 g/mol. The quantitative estimate of drug-likeness (QED) is 0.657. The molecule has 8 nitrogen and oxygen atoms in total. The molecule has 1 atom stereocenters. The fraction of sp³-hybridized carbons (Fsp3) is 0.500. The fourth-order valence-electron chi connectivity index (χ4n) is 3.05. The number of methoxy groups -OCH3 is 1. The maximum atomic E-state index is 12.3. The smallest absolute Gasteiger partial charge is 0.407 e. The van der Waals surface area contributed by atoms with Crippen molar-refractivity contribution in [2.75, 3.05) is 20.2 Å². The Morgan fingerprint density at radius 3 is 2.38 bits per heavy atom. The van der Waals surface area contributed by atoms with Gasteiger partial charge in [0.15, 0.2) is 0 Å². The summed E-state index contributed by atoms with van der Waals surface area (Å²) in [4.78, 5) is 36.5. The highest BCUT2D eigenvalue weighted by atomic mass is 16.5. The van der Waals surface area contributed by atoms with Crippen LogP contribution in [0.2, 0.25) is 0 Å². The minimum absolute atomic E-state index is 0.0950. The number of phenols is 1. The third-order valence-corrected chi connectivity index (χ3v) is 4.56. The summed E-state index contributed by atoms with van der Waals surface area (Å²) in [5, 5.41) is 21.0. The lowest BCUT2D eigenvalue weighted by atomic mass is 9.93. The van der Waals surface area contributed by atoms with Crippen LogP contribution < -0.4 is 5.32 Å². The molecule has 1 aromatic rings. The van der Waals surface area contributed by atoms with Crippen LogP contribution in [0, 0.1) is 5.92 Å². The fourth-order valence-corrected chi connectivity index (χ4v) is 3.05. The standard InChI is InChI=1S/C18H24N2O6/c1-26-17(23)15(10-12-2-4-14(21)5-3-12)19-16(22)11-13-6-8-20(9-7-13)18(24)25/h2-5,13,15,21H,6-11H2,1H3,(H,19,22)(H,24,25). The molecule has 1 heterocycles. The molecule has 26 heavy (non-hydrogen) atoms. The second-order valence-corrected chi connectivity index (χ2v) is 6.43. The van der Waals surface area contributed by atoms with Crippen molar-refractivity contribution in [2.24, 2.45) is 5.92 Å². The van der Waals surface area contributed by atoms with Gasteiger partial charge in [-0.3, -0.25) is 4.79 Å². The van der Waals surface area contributed by atoms with E-state index in [2.05, 4.69) is 5.32 Å². The number of hydrogen-bond acceptors (Lipinski definition) is 5. The number of carbonyl (C=O) groups excluding carboxylic acids is 2. The van der Waals surface area contributed by atoms with Gasteiger partial charge < -0.3 is 25.2 Å². The van der Waals surface area contributed by atoms with Crippen molar-refractivity contribution in [3.05, 3.63) is 29.8 Å². The van der Waals surface area contributed by atoms with Crippen LogP contribution in [0.4, 0.5) is 4.79 Å². The van der Waals surface area contributed by atoms with Gasteiger partial charge in [-0.1, -0.05) is 12.1 Å². The van der Waals surface area contributed by atoms with Crippen molar-refractivity contribution < 1.29 is 29.3 Å². The van der Waals surface area contributed by atoms with Gasteiger partial charge in [-0.15, -0.1) is 0 Å². The molecule has 3 N–H and O–H groups in total. The zero-order valence-corrected chi connectivity index (χ0v) is 14.7. The Labute approximate surface area is 151 Å². The van der Waals surface area contributed by atoms with E-state index in [9.17, 15) is 19.5 Å². The van der Waals surface area contributed by atoms with Gasteiger partial charge in [-0.2, -0.15) is 0 Å². The molecule has 0 saturated carbocycles. The van der Waals surface area contributed by atoms with Gasteiger partial charge in [0.05, 0.1) is 7.11 Å². The molecule has 1 aromatic carbocycles. The number of benzene rings is 1. The van der Waals surface area contributed by atoms with Crippen LogP contribution in [0.15, 0.2) is 24.3 Å². The highest BCUT2D eigenvalue weighted by molar-refractivity contribution is 5.84. The predicted octanol–water partition coefficient (Wildman–Crippen LogP) is 1.37. The number of esters is 1. The Morgan fingerprint density at radius 2 is 1.85 bits per heavy atom. The van der Waals surface area contributed by atoms with E-state index in [1.54, 1.807) is 12.1 Å². The van der Waals surface area contributed by atoms with Crippen molar-refractivity contribution in [2.45, 2.75) is 31.7 Å². The molecule has 0 bridgehead atoms. The second-order valence-electron chi connectivity index (χ2n) is 6.43. The molecule has 1 aliphatic rings. The number of piperidine rings is 1. The van der Waals surface area contributed by atoms with E-state index < -0.39 is 18.1 Å². The number of phenolic OH excluding ortho intramolecular Hbond substituents is 1. The number of amides is 2. The number of aromatic hydroxyl groups is 1. The SMILES string of the molecule is COC(=O)C(Cc1ccc(O)cc1)NC(=O)CC1CCN(C(=O)O)CC1. The lowest BCUT2D eigenvalue weighted by Gasteiger charge is -2.29. The van der Waals surface area contributed by atoms with E-state index in [1.807, 2.05) is 0 Å². The number of nitrogens with one attached hydrogen (secondary N) is 1. The Morgan fingerprint density at radius 1 is 1.23 bits per heavy atom. The zero-order chi connectivity index (χ0) is 19.1.